The second kappa shape index (κ2) is 12.9. The van der Waals surface area contributed by atoms with Crippen LogP contribution in [0.2, 0.25) is 0 Å². The minimum absolute atomic E-state index is 0.0234. The molecule has 1 aromatic heterocycles. The molecule has 3 heterocycles. The van der Waals surface area contributed by atoms with E-state index < -0.39 is 51.9 Å². The molecule has 1 saturated heterocycles. The number of benzene rings is 2. The predicted octanol–water partition coefficient (Wildman–Crippen LogP) is 4.49. The number of β-lactam (4-membered cyclic amide) rings is 1. The van der Waals surface area contributed by atoms with Crippen LogP contribution in [-0.2, 0) is 29.9 Å². The summed E-state index contributed by atoms with van der Waals surface area (Å²) in [6.45, 7) is 5.10. The van der Waals surface area contributed by atoms with E-state index in [0.29, 0.717) is 10.6 Å². The van der Waals surface area contributed by atoms with Crippen LogP contribution >= 0.6 is 11.8 Å². The average Bonchev–Trinajstić information content (AvgIpc) is 2.99. The number of esters is 1. The van der Waals surface area contributed by atoms with Gasteiger partial charge in [-0.05, 0) is 49.0 Å². The summed E-state index contributed by atoms with van der Waals surface area (Å²) >= 11 is 1.26. The maximum absolute atomic E-state index is 14.0. The van der Waals surface area contributed by atoms with Crippen molar-refractivity contribution in [3.8, 4) is 0 Å². The van der Waals surface area contributed by atoms with Crippen LogP contribution in [0.15, 0.2) is 107 Å². The molecule has 2 aliphatic rings. The van der Waals surface area contributed by atoms with Crippen molar-refractivity contribution in [1.29, 1.82) is 0 Å². The van der Waals surface area contributed by atoms with E-state index in [1.54, 1.807) is 50.8 Å². The predicted molar refractivity (Wildman–Crippen MR) is 162 cm³/mol. The van der Waals surface area contributed by atoms with Gasteiger partial charge in [-0.25, -0.2) is 14.6 Å². The SMILES string of the molecule is CC(C)(C)OC(=O)NC1C(=O)N2C(C(=O)OC(c3ccccc3)c3ccccc3)=C(C=CSc3cnccn3)CS(=O)[C@H]12. The topological polar surface area (TPSA) is 128 Å². The zero-order valence-corrected chi connectivity index (χ0v) is 25.3. The molecule has 0 aliphatic carbocycles. The van der Waals surface area contributed by atoms with Gasteiger partial charge in [-0.2, -0.15) is 0 Å². The highest BCUT2D eigenvalue weighted by Crippen LogP contribution is 2.38. The summed E-state index contributed by atoms with van der Waals surface area (Å²) in [6, 6.07) is 17.4. The first-order chi connectivity index (χ1) is 20.6. The van der Waals surface area contributed by atoms with Crippen LogP contribution in [0.4, 0.5) is 4.79 Å². The fraction of sp³-hybridized carbons (Fsp3) is 0.258. The van der Waals surface area contributed by atoms with Gasteiger partial charge < -0.3 is 14.8 Å². The standard InChI is InChI=1S/C31H30N4O6S2/c1-31(2,3)41-30(38)34-24-27(36)35-25(22(19-43(39)28(24)35)14-17-42-23-18-32-15-16-33-23)29(37)40-26(20-10-6-4-7-11-20)21-12-8-5-9-13-21/h4-18,24,26,28H,19H2,1-3H3,(H,34,38)/t24?,28-,43?/m1/s1. The lowest BCUT2D eigenvalue weighted by Gasteiger charge is -2.49. The highest BCUT2D eigenvalue weighted by molar-refractivity contribution is 8.02. The van der Waals surface area contributed by atoms with Gasteiger partial charge in [0.1, 0.15) is 27.7 Å². The number of hydrogen-bond donors (Lipinski definition) is 1. The molecule has 2 unspecified atom stereocenters. The number of nitrogens with one attached hydrogen (secondary N) is 1. The third-order valence-electron chi connectivity index (χ3n) is 6.45. The van der Waals surface area contributed by atoms with Gasteiger partial charge in [0.2, 0.25) is 0 Å². The number of fused-ring (bicyclic) bond motifs is 1. The van der Waals surface area contributed by atoms with Gasteiger partial charge in [0.25, 0.3) is 5.91 Å². The molecule has 5 rings (SSSR count). The Morgan fingerprint density at radius 2 is 1.72 bits per heavy atom. The molecule has 12 heteroatoms. The van der Waals surface area contributed by atoms with Gasteiger partial charge in [-0.15, -0.1) is 0 Å². The van der Waals surface area contributed by atoms with Crippen LogP contribution < -0.4 is 5.32 Å². The molecule has 0 saturated carbocycles. The summed E-state index contributed by atoms with van der Waals surface area (Å²) in [6.07, 6.45) is 4.76. The van der Waals surface area contributed by atoms with Crippen LogP contribution in [0.1, 0.15) is 38.0 Å². The number of alkyl carbamates (subject to hydrolysis) is 1. The van der Waals surface area contributed by atoms with E-state index in [4.69, 9.17) is 9.47 Å². The Balaban J connectivity index is 1.48. The van der Waals surface area contributed by atoms with E-state index in [9.17, 15) is 18.6 Å². The lowest BCUT2D eigenvalue weighted by molar-refractivity contribution is -0.153. The Hall–Kier alpha value is -4.29. The van der Waals surface area contributed by atoms with Crippen molar-refractivity contribution >= 4 is 40.5 Å². The number of rotatable bonds is 8. The monoisotopic (exact) mass is 618 g/mol. The normalized spacial score (nSPS) is 20.0. The molecule has 10 nitrogen and oxygen atoms in total. The van der Waals surface area contributed by atoms with Crippen LogP contribution in [0.3, 0.4) is 0 Å². The minimum atomic E-state index is -1.64. The molecule has 2 aromatic carbocycles. The van der Waals surface area contributed by atoms with Gasteiger partial charge in [0, 0.05) is 12.4 Å². The summed E-state index contributed by atoms with van der Waals surface area (Å²) in [4.78, 5) is 49.4. The molecule has 1 N–H and O–H groups in total. The van der Waals surface area contributed by atoms with Crippen LogP contribution in [-0.4, -0.2) is 59.8 Å². The quantitative estimate of drug-likeness (QED) is 0.221. The molecule has 222 valence electrons. The van der Waals surface area contributed by atoms with Gasteiger partial charge >= 0.3 is 12.1 Å². The third kappa shape index (κ3) is 7.03. The molecule has 3 atom stereocenters. The van der Waals surface area contributed by atoms with Crippen LogP contribution in [0.5, 0.6) is 0 Å². The lowest BCUT2D eigenvalue weighted by Crippen LogP contribution is -2.73. The average molecular weight is 619 g/mol. The summed E-state index contributed by atoms with van der Waals surface area (Å²) in [5.74, 6) is -1.38. The summed E-state index contributed by atoms with van der Waals surface area (Å²) in [5.41, 5.74) is 1.03. The number of carbonyl (C=O) groups excluding carboxylic acids is 3. The van der Waals surface area contributed by atoms with Gasteiger partial charge in [0.05, 0.1) is 22.7 Å². The van der Waals surface area contributed by atoms with Crippen LogP contribution in [0, 0.1) is 0 Å². The third-order valence-corrected chi connectivity index (χ3v) is 8.79. The van der Waals surface area contributed by atoms with E-state index in [1.807, 2.05) is 60.7 Å². The minimum Gasteiger partial charge on any atom is -0.448 e. The van der Waals surface area contributed by atoms with E-state index in [1.165, 1.54) is 16.7 Å². The number of nitrogens with zero attached hydrogens (tertiary/aromatic N) is 3. The van der Waals surface area contributed by atoms with Crippen molar-refractivity contribution in [1.82, 2.24) is 20.2 Å². The molecule has 2 amide bonds. The van der Waals surface area contributed by atoms with Gasteiger partial charge in [0.15, 0.2) is 6.10 Å². The molecule has 43 heavy (non-hydrogen) atoms. The Labute approximate surface area is 256 Å². The van der Waals surface area contributed by atoms with Gasteiger partial charge in [-0.3, -0.25) is 18.9 Å². The van der Waals surface area contributed by atoms with E-state index in [2.05, 4.69) is 15.3 Å². The highest BCUT2D eigenvalue weighted by atomic mass is 32.2. The largest absolute Gasteiger partial charge is 0.448 e. The first kappa shape index (κ1) is 30.2. The second-order valence-corrected chi connectivity index (χ2v) is 13.2. The maximum atomic E-state index is 14.0. The van der Waals surface area contributed by atoms with Crippen molar-refractivity contribution in [3.63, 3.8) is 0 Å². The first-order valence-electron chi connectivity index (χ1n) is 13.5. The highest BCUT2D eigenvalue weighted by Gasteiger charge is 2.57. The lowest BCUT2D eigenvalue weighted by atomic mass is 10.0. The molecular formula is C31H30N4O6S2. The molecule has 0 radical (unpaired) electrons. The van der Waals surface area contributed by atoms with Crippen LogP contribution in [0.25, 0.3) is 0 Å². The Morgan fingerprint density at radius 3 is 2.30 bits per heavy atom. The van der Waals surface area contributed by atoms with Gasteiger partial charge in [-0.1, -0.05) is 72.4 Å². The number of ether oxygens (including phenoxy) is 2. The second-order valence-electron chi connectivity index (χ2n) is 10.7. The first-order valence-corrected chi connectivity index (χ1v) is 15.7. The van der Waals surface area contributed by atoms with Crippen molar-refractivity contribution < 1.29 is 28.1 Å². The van der Waals surface area contributed by atoms with Crippen molar-refractivity contribution in [3.05, 3.63) is 113 Å². The summed E-state index contributed by atoms with van der Waals surface area (Å²) in [5, 5.41) is 3.88. The van der Waals surface area contributed by atoms with Crippen molar-refractivity contribution in [2.45, 2.75) is 48.9 Å². The summed E-state index contributed by atoms with van der Waals surface area (Å²) in [7, 11) is -1.64. The van der Waals surface area contributed by atoms with E-state index in [-0.39, 0.29) is 11.4 Å². The Kier molecular flexibility index (Phi) is 9.07. The summed E-state index contributed by atoms with van der Waals surface area (Å²) < 4.78 is 24.8. The molecule has 0 spiro atoms. The number of amides is 2. The molecule has 2 aliphatic heterocycles. The molecule has 1 fully saturated rings. The molecule has 0 bridgehead atoms. The maximum Gasteiger partial charge on any atom is 0.408 e. The Bertz CT molecular complexity index is 1540. The molecular weight excluding hydrogens is 588 g/mol. The fourth-order valence-electron chi connectivity index (χ4n) is 4.64. The number of thioether (sulfide) groups is 1. The van der Waals surface area contributed by atoms with Crippen molar-refractivity contribution in [2.24, 2.45) is 0 Å². The fourth-order valence-corrected chi connectivity index (χ4v) is 6.89. The zero-order chi connectivity index (χ0) is 30.6. The number of carbonyl (C=O) groups is 3. The zero-order valence-electron chi connectivity index (χ0n) is 23.7. The van der Waals surface area contributed by atoms with E-state index >= 15 is 0 Å². The Morgan fingerprint density at radius 1 is 1.07 bits per heavy atom. The molecule has 3 aromatic rings. The smallest absolute Gasteiger partial charge is 0.408 e. The number of allylic oxidation sites excluding steroid dienone is 1. The van der Waals surface area contributed by atoms with E-state index in [0.717, 1.165) is 11.1 Å². The number of aromatic nitrogens is 2. The van der Waals surface area contributed by atoms with Crippen molar-refractivity contribution in [2.75, 3.05) is 5.75 Å². The number of hydrogen-bond acceptors (Lipinski definition) is 9.